The van der Waals surface area contributed by atoms with Gasteiger partial charge in [-0.05, 0) is 17.5 Å². The van der Waals surface area contributed by atoms with Crippen molar-refractivity contribution in [1.29, 1.82) is 0 Å². The van der Waals surface area contributed by atoms with Crippen LogP contribution < -0.4 is 4.72 Å². The lowest BCUT2D eigenvalue weighted by molar-refractivity contribution is 0.350. The molecule has 2 rings (SSSR count). The van der Waals surface area contributed by atoms with Crippen LogP contribution in [0.1, 0.15) is 10.4 Å². The van der Waals surface area contributed by atoms with Crippen molar-refractivity contribution in [3.63, 3.8) is 0 Å². The number of rotatable bonds is 4. The van der Waals surface area contributed by atoms with E-state index in [0.29, 0.717) is 4.21 Å². The standard InChI is InChI=1S/C12H11NO3S3/c14-5-1-3-10-7-11(18-9-10)8-13-19(15,16)12-4-2-6-17-12/h2,4,6-7,9,13-14H,5,8H2. The van der Waals surface area contributed by atoms with Gasteiger partial charge in [-0.1, -0.05) is 17.9 Å². The average molecular weight is 313 g/mol. The van der Waals surface area contributed by atoms with Gasteiger partial charge in [0.2, 0.25) is 10.0 Å². The molecule has 2 aromatic rings. The highest BCUT2D eigenvalue weighted by Crippen LogP contribution is 2.18. The molecule has 0 aliphatic rings. The Balaban J connectivity index is 2.01. The van der Waals surface area contributed by atoms with Crippen LogP contribution in [0.5, 0.6) is 0 Å². The molecule has 2 N–H and O–H groups in total. The van der Waals surface area contributed by atoms with Gasteiger partial charge in [-0.3, -0.25) is 0 Å². The highest BCUT2D eigenvalue weighted by molar-refractivity contribution is 7.91. The van der Waals surface area contributed by atoms with Crippen LogP contribution in [0.3, 0.4) is 0 Å². The molecule has 0 unspecified atom stereocenters. The van der Waals surface area contributed by atoms with Crippen molar-refractivity contribution in [2.45, 2.75) is 10.8 Å². The molecule has 4 nitrogen and oxygen atoms in total. The Morgan fingerprint density at radius 3 is 2.89 bits per heavy atom. The fraction of sp³-hybridized carbons (Fsp3) is 0.167. The van der Waals surface area contributed by atoms with Crippen molar-refractivity contribution in [2.24, 2.45) is 0 Å². The zero-order valence-electron chi connectivity index (χ0n) is 9.79. The molecule has 0 saturated heterocycles. The third-order valence-corrected chi connectivity index (χ3v) is 5.90. The SMILES string of the molecule is O=S(=O)(NCc1cc(C#CCO)cs1)c1cccs1. The molecule has 0 bridgehead atoms. The molecular formula is C12H11NO3S3. The van der Waals surface area contributed by atoms with Crippen molar-refractivity contribution in [1.82, 2.24) is 4.72 Å². The molecule has 0 amide bonds. The highest BCUT2D eigenvalue weighted by Gasteiger charge is 2.14. The summed E-state index contributed by atoms with van der Waals surface area (Å²) in [6.45, 7) is 0.0574. The molecule has 0 fully saturated rings. The third kappa shape index (κ3) is 3.89. The first-order valence-electron chi connectivity index (χ1n) is 5.32. The summed E-state index contributed by atoms with van der Waals surface area (Å²) < 4.78 is 26.6. The average Bonchev–Trinajstić information content (AvgIpc) is 3.05. The highest BCUT2D eigenvalue weighted by atomic mass is 32.2. The van der Waals surface area contributed by atoms with Gasteiger partial charge in [-0.25, -0.2) is 13.1 Å². The van der Waals surface area contributed by atoms with Crippen LogP contribution in [0, 0.1) is 11.8 Å². The van der Waals surface area contributed by atoms with Crippen molar-refractivity contribution in [2.75, 3.05) is 6.61 Å². The number of hydrogen-bond donors (Lipinski definition) is 2. The van der Waals surface area contributed by atoms with E-state index in [1.807, 2.05) is 11.4 Å². The van der Waals surface area contributed by atoms with Crippen LogP contribution in [-0.4, -0.2) is 20.1 Å². The lowest BCUT2D eigenvalue weighted by Crippen LogP contribution is -2.21. The molecule has 2 heterocycles. The summed E-state index contributed by atoms with van der Waals surface area (Å²) in [5, 5.41) is 12.1. The van der Waals surface area contributed by atoms with Gasteiger partial charge < -0.3 is 5.11 Å². The molecule has 0 radical (unpaired) electrons. The Hall–Kier alpha value is -1.17. The van der Waals surface area contributed by atoms with Crippen molar-refractivity contribution < 1.29 is 13.5 Å². The van der Waals surface area contributed by atoms with E-state index in [-0.39, 0.29) is 13.2 Å². The van der Waals surface area contributed by atoms with Crippen LogP contribution in [0.15, 0.2) is 33.2 Å². The van der Waals surface area contributed by atoms with Gasteiger partial charge in [0.1, 0.15) is 10.8 Å². The molecule has 0 saturated carbocycles. The van der Waals surface area contributed by atoms with E-state index < -0.39 is 10.0 Å². The zero-order valence-corrected chi connectivity index (χ0v) is 12.2. The zero-order chi connectivity index (χ0) is 13.7. The minimum atomic E-state index is -3.42. The predicted molar refractivity (Wildman–Crippen MR) is 76.6 cm³/mol. The third-order valence-electron chi connectivity index (χ3n) is 2.16. The summed E-state index contributed by atoms with van der Waals surface area (Å²) in [4.78, 5) is 0.877. The predicted octanol–water partition coefficient (Wildman–Crippen LogP) is 1.63. The summed E-state index contributed by atoms with van der Waals surface area (Å²) >= 11 is 2.61. The maximum Gasteiger partial charge on any atom is 0.250 e. The van der Waals surface area contributed by atoms with Gasteiger partial charge in [-0.15, -0.1) is 22.7 Å². The molecule has 0 spiro atoms. The van der Waals surface area contributed by atoms with E-state index in [0.717, 1.165) is 10.4 Å². The Bertz CT molecular complexity index is 690. The maximum absolute atomic E-state index is 11.9. The monoisotopic (exact) mass is 313 g/mol. The quantitative estimate of drug-likeness (QED) is 0.843. The molecule has 7 heteroatoms. The van der Waals surface area contributed by atoms with E-state index in [1.165, 1.54) is 22.7 Å². The summed E-state index contributed by atoms with van der Waals surface area (Å²) in [7, 11) is -3.42. The van der Waals surface area contributed by atoms with Gasteiger partial charge in [0.05, 0.1) is 0 Å². The lowest BCUT2D eigenvalue weighted by Gasteiger charge is -2.02. The van der Waals surface area contributed by atoms with Gasteiger partial charge >= 0.3 is 0 Å². The minimum Gasteiger partial charge on any atom is -0.384 e. The first-order chi connectivity index (χ1) is 9.12. The van der Waals surface area contributed by atoms with Crippen molar-refractivity contribution >= 4 is 32.7 Å². The second kappa shape index (κ2) is 6.32. The molecule has 0 aliphatic carbocycles. The Kier molecular flexibility index (Phi) is 4.74. The fourth-order valence-electron chi connectivity index (χ4n) is 1.33. The van der Waals surface area contributed by atoms with Gasteiger partial charge in [0, 0.05) is 22.4 Å². The van der Waals surface area contributed by atoms with Crippen LogP contribution >= 0.6 is 22.7 Å². The number of aliphatic hydroxyl groups excluding tert-OH is 1. The first-order valence-corrected chi connectivity index (χ1v) is 8.56. The number of sulfonamides is 1. The maximum atomic E-state index is 11.9. The summed E-state index contributed by atoms with van der Waals surface area (Å²) in [6, 6.07) is 5.08. The molecule has 0 atom stereocenters. The number of nitrogens with one attached hydrogen (secondary N) is 1. The van der Waals surface area contributed by atoms with Crippen LogP contribution in [0.2, 0.25) is 0 Å². The summed E-state index contributed by atoms with van der Waals surface area (Å²) in [6.07, 6.45) is 0. The lowest BCUT2D eigenvalue weighted by atomic mass is 10.3. The van der Waals surface area contributed by atoms with Gasteiger partial charge in [0.25, 0.3) is 0 Å². The Morgan fingerprint density at radius 1 is 1.37 bits per heavy atom. The smallest absolute Gasteiger partial charge is 0.250 e. The molecule has 0 aromatic carbocycles. The van der Waals surface area contributed by atoms with Gasteiger partial charge in [0.15, 0.2) is 0 Å². The Morgan fingerprint density at radius 2 is 2.21 bits per heavy atom. The second-order valence-corrected chi connectivity index (χ2v) is 7.46. The van der Waals surface area contributed by atoms with E-state index >= 15 is 0 Å². The van der Waals surface area contributed by atoms with Crippen LogP contribution in [0.4, 0.5) is 0 Å². The summed E-state index contributed by atoms with van der Waals surface area (Å²) in [5.41, 5.74) is 0.782. The second-order valence-electron chi connectivity index (χ2n) is 3.52. The summed E-state index contributed by atoms with van der Waals surface area (Å²) in [5.74, 6) is 5.32. The molecule has 100 valence electrons. The fourth-order valence-corrected chi connectivity index (χ4v) is 4.23. The molecule has 0 aliphatic heterocycles. The van der Waals surface area contributed by atoms with Crippen LogP contribution in [-0.2, 0) is 16.6 Å². The first kappa shape index (κ1) is 14.2. The van der Waals surface area contributed by atoms with Crippen molar-refractivity contribution in [3.05, 3.63) is 39.4 Å². The van der Waals surface area contributed by atoms with Crippen molar-refractivity contribution in [3.8, 4) is 11.8 Å². The number of hydrogen-bond acceptors (Lipinski definition) is 5. The topological polar surface area (TPSA) is 66.4 Å². The van der Waals surface area contributed by atoms with E-state index in [4.69, 9.17) is 5.11 Å². The van der Waals surface area contributed by atoms with E-state index in [1.54, 1.807) is 17.5 Å². The largest absolute Gasteiger partial charge is 0.384 e. The number of aliphatic hydroxyl groups is 1. The van der Waals surface area contributed by atoms with E-state index in [9.17, 15) is 8.42 Å². The molecular weight excluding hydrogens is 302 g/mol. The normalized spacial score (nSPS) is 11.0. The van der Waals surface area contributed by atoms with E-state index in [2.05, 4.69) is 16.6 Å². The molecule has 2 aromatic heterocycles. The van der Waals surface area contributed by atoms with Gasteiger partial charge in [-0.2, -0.15) is 0 Å². The Labute approximate surface area is 119 Å². The minimum absolute atomic E-state index is 0.184. The number of thiophene rings is 2. The van der Waals surface area contributed by atoms with Crippen LogP contribution in [0.25, 0.3) is 0 Å². The molecule has 19 heavy (non-hydrogen) atoms.